The Balaban J connectivity index is 2.04. The summed E-state index contributed by atoms with van der Waals surface area (Å²) in [6.45, 7) is 1.99. The quantitative estimate of drug-likeness (QED) is 0.862. The molecule has 0 aliphatic rings. The first-order valence-electron chi connectivity index (χ1n) is 5.29. The maximum atomic E-state index is 11.8. The minimum Gasteiger partial charge on any atom is -0.461 e. The largest absolute Gasteiger partial charge is 0.461 e. The van der Waals surface area contributed by atoms with Gasteiger partial charge in [0.15, 0.2) is 21.3 Å². The molecule has 0 spiro atoms. The summed E-state index contributed by atoms with van der Waals surface area (Å²) in [5, 5.41) is 4.36. The van der Waals surface area contributed by atoms with Crippen LogP contribution in [0.25, 0.3) is 0 Å². The van der Waals surface area contributed by atoms with E-state index in [1.54, 1.807) is 13.0 Å². The molecule has 0 saturated carbocycles. The van der Waals surface area contributed by atoms with Gasteiger partial charge in [-0.15, -0.1) is 11.3 Å². The highest BCUT2D eigenvalue weighted by Crippen LogP contribution is 2.19. The Labute approximate surface area is 120 Å². The number of rotatable bonds is 4. The highest BCUT2D eigenvalue weighted by molar-refractivity contribution is 9.10. The van der Waals surface area contributed by atoms with E-state index in [0.717, 1.165) is 11.3 Å². The molecule has 2 aromatic rings. The lowest BCUT2D eigenvalue weighted by Gasteiger charge is -1.98. The summed E-state index contributed by atoms with van der Waals surface area (Å²) in [5.74, 6) is -0.796. The highest BCUT2D eigenvalue weighted by atomic mass is 79.9. The van der Waals surface area contributed by atoms with Gasteiger partial charge in [-0.3, -0.25) is 10.1 Å². The molecule has 0 aliphatic heterocycles. The average molecular weight is 345 g/mol. The van der Waals surface area contributed by atoms with Gasteiger partial charge in [0.05, 0.1) is 6.61 Å². The van der Waals surface area contributed by atoms with Crippen molar-refractivity contribution in [2.45, 2.75) is 6.92 Å². The van der Waals surface area contributed by atoms with Crippen LogP contribution < -0.4 is 5.32 Å². The third-order valence-corrected chi connectivity index (χ3v) is 3.19. The standard InChI is InChI=1S/C11H9BrN2O4S/c1-2-17-10(16)6-5-19-11(13-6)14-9(15)7-3-4-8(12)18-7/h3-5H,2H2,1H3,(H,13,14,15). The molecule has 2 heterocycles. The minimum absolute atomic E-state index is 0.153. The molecular formula is C11H9BrN2O4S. The van der Waals surface area contributed by atoms with Crippen molar-refractivity contribution in [2.24, 2.45) is 0 Å². The second-order valence-electron chi connectivity index (χ2n) is 3.32. The Morgan fingerprint density at radius 2 is 2.32 bits per heavy atom. The topological polar surface area (TPSA) is 81.4 Å². The van der Waals surface area contributed by atoms with Crippen molar-refractivity contribution in [3.8, 4) is 0 Å². The Morgan fingerprint density at radius 3 is 2.95 bits per heavy atom. The van der Waals surface area contributed by atoms with Gasteiger partial charge in [0, 0.05) is 5.38 Å². The van der Waals surface area contributed by atoms with E-state index in [-0.39, 0.29) is 18.1 Å². The number of aromatic nitrogens is 1. The van der Waals surface area contributed by atoms with Crippen LogP contribution in [0.4, 0.5) is 5.13 Å². The van der Waals surface area contributed by atoms with Crippen LogP contribution in [0.5, 0.6) is 0 Å². The molecule has 0 aliphatic carbocycles. The highest BCUT2D eigenvalue weighted by Gasteiger charge is 2.15. The molecule has 0 atom stereocenters. The number of amides is 1. The summed E-state index contributed by atoms with van der Waals surface area (Å²) in [7, 11) is 0. The molecule has 0 saturated heterocycles. The van der Waals surface area contributed by atoms with Crippen LogP contribution in [0, 0.1) is 0 Å². The van der Waals surface area contributed by atoms with Crippen molar-refractivity contribution in [3.05, 3.63) is 33.6 Å². The van der Waals surface area contributed by atoms with E-state index in [1.807, 2.05) is 0 Å². The number of ether oxygens (including phenoxy) is 1. The number of hydrogen-bond donors (Lipinski definition) is 1. The number of thiazole rings is 1. The summed E-state index contributed by atoms with van der Waals surface area (Å²) < 4.78 is 10.4. The van der Waals surface area contributed by atoms with Crippen LogP contribution in [-0.2, 0) is 4.74 Å². The lowest BCUT2D eigenvalue weighted by molar-refractivity contribution is 0.0520. The number of nitrogens with zero attached hydrogens (tertiary/aromatic N) is 1. The Kier molecular flexibility index (Phi) is 4.33. The van der Waals surface area contributed by atoms with Crippen LogP contribution in [-0.4, -0.2) is 23.5 Å². The van der Waals surface area contributed by atoms with Gasteiger partial charge < -0.3 is 9.15 Å². The number of nitrogens with one attached hydrogen (secondary N) is 1. The molecule has 2 rings (SSSR count). The number of halogens is 1. The smallest absolute Gasteiger partial charge is 0.357 e. The fraction of sp³-hybridized carbons (Fsp3) is 0.182. The molecule has 0 aromatic carbocycles. The molecule has 0 radical (unpaired) electrons. The summed E-state index contributed by atoms with van der Waals surface area (Å²) in [6, 6.07) is 3.14. The van der Waals surface area contributed by atoms with Crippen LogP contribution in [0.3, 0.4) is 0 Å². The van der Waals surface area contributed by atoms with E-state index >= 15 is 0 Å². The Morgan fingerprint density at radius 1 is 1.53 bits per heavy atom. The maximum Gasteiger partial charge on any atom is 0.357 e. The van der Waals surface area contributed by atoms with Gasteiger partial charge in [0.2, 0.25) is 0 Å². The fourth-order valence-electron chi connectivity index (χ4n) is 1.22. The van der Waals surface area contributed by atoms with Gasteiger partial charge >= 0.3 is 5.97 Å². The first-order chi connectivity index (χ1) is 9.10. The zero-order chi connectivity index (χ0) is 13.8. The molecule has 100 valence electrons. The third-order valence-electron chi connectivity index (χ3n) is 2.01. The van der Waals surface area contributed by atoms with E-state index in [9.17, 15) is 9.59 Å². The van der Waals surface area contributed by atoms with E-state index in [4.69, 9.17) is 9.15 Å². The first-order valence-corrected chi connectivity index (χ1v) is 6.96. The summed E-state index contributed by atoms with van der Waals surface area (Å²) in [6.07, 6.45) is 0. The normalized spacial score (nSPS) is 10.2. The van der Waals surface area contributed by atoms with Crippen LogP contribution >= 0.6 is 27.3 Å². The predicted octanol–water partition coefficient (Wildman–Crippen LogP) is 2.93. The van der Waals surface area contributed by atoms with Crippen molar-refractivity contribution < 1.29 is 18.7 Å². The van der Waals surface area contributed by atoms with Gasteiger partial charge in [-0.05, 0) is 35.0 Å². The van der Waals surface area contributed by atoms with Crippen molar-refractivity contribution in [1.82, 2.24) is 4.98 Å². The number of esters is 1. The Bertz CT molecular complexity index is 607. The zero-order valence-electron chi connectivity index (χ0n) is 9.81. The van der Waals surface area contributed by atoms with E-state index in [2.05, 4.69) is 26.2 Å². The van der Waals surface area contributed by atoms with E-state index in [0.29, 0.717) is 9.80 Å². The predicted molar refractivity (Wildman–Crippen MR) is 72.4 cm³/mol. The summed E-state index contributed by atoms with van der Waals surface area (Å²) in [5.41, 5.74) is 0.169. The number of carbonyl (C=O) groups excluding carboxylic acids is 2. The van der Waals surface area contributed by atoms with Gasteiger partial charge in [-0.2, -0.15) is 0 Å². The molecule has 6 nitrogen and oxygen atoms in total. The third kappa shape index (κ3) is 3.42. The van der Waals surface area contributed by atoms with Gasteiger partial charge in [0.25, 0.3) is 5.91 Å². The second-order valence-corrected chi connectivity index (χ2v) is 4.96. The van der Waals surface area contributed by atoms with Crippen molar-refractivity contribution in [1.29, 1.82) is 0 Å². The van der Waals surface area contributed by atoms with Crippen molar-refractivity contribution >= 4 is 44.3 Å². The molecule has 1 N–H and O–H groups in total. The molecule has 8 heteroatoms. The minimum atomic E-state index is -0.514. The zero-order valence-corrected chi connectivity index (χ0v) is 12.2. The number of carbonyl (C=O) groups is 2. The lowest BCUT2D eigenvalue weighted by atomic mass is 10.4. The van der Waals surface area contributed by atoms with Crippen molar-refractivity contribution in [2.75, 3.05) is 11.9 Å². The molecule has 19 heavy (non-hydrogen) atoms. The second kappa shape index (κ2) is 5.98. The number of anilines is 1. The number of furan rings is 1. The van der Waals surface area contributed by atoms with Gasteiger partial charge in [0.1, 0.15) is 0 Å². The molecule has 0 bridgehead atoms. The average Bonchev–Trinajstić information content (AvgIpc) is 2.98. The monoisotopic (exact) mass is 344 g/mol. The molecule has 0 unspecified atom stereocenters. The van der Waals surface area contributed by atoms with Crippen LogP contribution in [0.1, 0.15) is 28.0 Å². The maximum absolute atomic E-state index is 11.8. The molecule has 1 amide bonds. The summed E-state index contributed by atoms with van der Waals surface area (Å²) >= 11 is 4.24. The summed E-state index contributed by atoms with van der Waals surface area (Å²) in [4.78, 5) is 27.1. The van der Waals surface area contributed by atoms with Crippen LogP contribution in [0.15, 0.2) is 26.6 Å². The van der Waals surface area contributed by atoms with Crippen molar-refractivity contribution in [3.63, 3.8) is 0 Å². The van der Waals surface area contributed by atoms with Gasteiger partial charge in [-0.1, -0.05) is 0 Å². The molecule has 2 aromatic heterocycles. The van der Waals surface area contributed by atoms with Gasteiger partial charge in [-0.25, -0.2) is 9.78 Å². The van der Waals surface area contributed by atoms with E-state index < -0.39 is 11.9 Å². The SMILES string of the molecule is CCOC(=O)c1csc(NC(=O)c2ccc(Br)o2)n1. The van der Waals surface area contributed by atoms with E-state index in [1.165, 1.54) is 11.4 Å². The lowest BCUT2D eigenvalue weighted by Crippen LogP contribution is -2.11. The number of hydrogen-bond acceptors (Lipinski definition) is 6. The van der Waals surface area contributed by atoms with Crippen LogP contribution in [0.2, 0.25) is 0 Å². The molecular weight excluding hydrogens is 336 g/mol. The Hall–Kier alpha value is -1.67. The fourth-order valence-corrected chi connectivity index (χ4v) is 2.21. The first kappa shape index (κ1) is 13.8. The molecule has 0 fully saturated rings.